The van der Waals surface area contributed by atoms with Crippen LogP contribution in [0.2, 0.25) is 10.0 Å². The van der Waals surface area contributed by atoms with Crippen molar-refractivity contribution in [1.29, 1.82) is 0 Å². The van der Waals surface area contributed by atoms with Crippen LogP contribution in [-0.4, -0.2) is 93.6 Å². The fourth-order valence-electron chi connectivity index (χ4n) is 6.31. The molecule has 10 nitrogen and oxygen atoms in total. The number of aromatic nitrogens is 4. The van der Waals surface area contributed by atoms with Crippen LogP contribution in [0.1, 0.15) is 24.2 Å². The first-order valence-electron chi connectivity index (χ1n) is 15.5. The maximum Gasteiger partial charge on any atom is 0.237 e. The third-order valence-electron chi connectivity index (χ3n) is 8.85. The predicted molar refractivity (Wildman–Crippen MR) is 178 cm³/mol. The number of hydrogen-bond donors (Lipinski definition) is 2. The molecular formula is C34H38Cl2N6O4. The molecule has 0 radical (unpaired) electrons. The Morgan fingerprint density at radius 3 is 1.48 bits per heavy atom. The molecule has 2 atom stereocenters. The lowest BCUT2D eigenvalue weighted by atomic mass is 9.98. The molecule has 0 aliphatic carbocycles. The minimum Gasteiger partial charge on any atom is -0.480 e. The molecule has 2 aliphatic heterocycles. The van der Waals surface area contributed by atoms with Crippen molar-refractivity contribution < 1.29 is 19.7 Å². The average Bonchev–Trinajstić information content (AvgIpc) is 3.75. The van der Waals surface area contributed by atoms with Crippen LogP contribution in [0.15, 0.2) is 48.8 Å². The van der Waals surface area contributed by atoms with Crippen molar-refractivity contribution >= 4 is 23.2 Å². The number of benzene rings is 2. The van der Waals surface area contributed by atoms with Crippen LogP contribution in [-0.2, 0) is 13.1 Å². The number of likely N-dealkylation sites (tertiary alicyclic amines) is 2. The first-order chi connectivity index (χ1) is 22.4. The monoisotopic (exact) mass is 664 g/mol. The second-order valence-corrected chi connectivity index (χ2v) is 12.7. The Morgan fingerprint density at radius 2 is 1.11 bits per heavy atom. The smallest absolute Gasteiger partial charge is 0.237 e. The van der Waals surface area contributed by atoms with E-state index in [1.165, 1.54) is 0 Å². The zero-order valence-electron chi connectivity index (χ0n) is 26.0. The second-order valence-electron chi connectivity index (χ2n) is 11.9. The quantitative estimate of drug-likeness (QED) is 0.221. The molecule has 4 heterocycles. The molecule has 2 aliphatic rings. The summed E-state index contributed by atoms with van der Waals surface area (Å²) in [5, 5.41) is 20.0. The summed E-state index contributed by atoms with van der Waals surface area (Å²) in [5.74, 6) is 1.47. The van der Waals surface area contributed by atoms with Gasteiger partial charge in [-0.15, -0.1) is 0 Å². The van der Waals surface area contributed by atoms with Crippen LogP contribution in [0.25, 0.3) is 33.6 Å². The number of halogens is 2. The molecule has 12 heteroatoms. The van der Waals surface area contributed by atoms with Gasteiger partial charge in [0.25, 0.3) is 0 Å². The number of ether oxygens (including phenoxy) is 2. The van der Waals surface area contributed by atoms with E-state index < -0.39 is 0 Å². The van der Waals surface area contributed by atoms with Crippen molar-refractivity contribution in [1.82, 2.24) is 29.7 Å². The number of hydrogen-bond acceptors (Lipinski definition) is 10. The average molecular weight is 666 g/mol. The van der Waals surface area contributed by atoms with Gasteiger partial charge in [0.2, 0.25) is 11.8 Å². The van der Waals surface area contributed by atoms with Gasteiger partial charge in [-0.25, -0.2) is 9.97 Å². The molecule has 0 saturated carbocycles. The van der Waals surface area contributed by atoms with Crippen LogP contribution in [0.4, 0.5) is 0 Å². The maximum atomic E-state index is 9.50. The molecule has 0 unspecified atom stereocenters. The van der Waals surface area contributed by atoms with Crippen molar-refractivity contribution in [3.63, 3.8) is 0 Å². The van der Waals surface area contributed by atoms with Crippen molar-refractivity contribution in [3.05, 3.63) is 70.2 Å². The van der Waals surface area contributed by atoms with Gasteiger partial charge < -0.3 is 19.7 Å². The number of aliphatic hydroxyl groups is 2. The van der Waals surface area contributed by atoms with Crippen LogP contribution in [0.5, 0.6) is 11.8 Å². The van der Waals surface area contributed by atoms with E-state index in [-0.39, 0.29) is 13.2 Å². The molecule has 2 N–H and O–H groups in total. The van der Waals surface area contributed by atoms with Crippen LogP contribution in [0.3, 0.4) is 0 Å². The Labute approximate surface area is 279 Å². The van der Waals surface area contributed by atoms with Crippen LogP contribution < -0.4 is 9.47 Å². The molecule has 2 aromatic heterocycles. The highest BCUT2D eigenvalue weighted by atomic mass is 35.5. The molecule has 0 amide bonds. The van der Waals surface area contributed by atoms with Crippen LogP contribution in [0, 0.1) is 11.8 Å². The highest BCUT2D eigenvalue weighted by Crippen LogP contribution is 2.42. The van der Waals surface area contributed by atoms with Crippen molar-refractivity contribution in [3.8, 4) is 45.4 Å². The lowest BCUT2D eigenvalue weighted by Gasteiger charge is -2.18. The summed E-state index contributed by atoms with van der Waals surface area (Å²) >= 11 is 14.1. The Kier molecular flexibility index (Phi) is 10.3. The van der Waals surface area contributed by atoms with E-state index in [0.717, 1.165) is 61.5 Å². The Hall–Kier alpha value is -3.38. The largest absolute Gasteiger partial charge is 0.480 e. The second kappa shape index (κ2) is 14.6. The van der Waals surface area contributed by atoms with Gasteiger partial charge in [-0.2, -0.15) is 0 Å². The van der Waals surface area contributed by atoms with E-state index in [4.69, 9.17) is 52.6 Å². The first-order valence-corrected chi connectivity index (χ1v) is 16.2. The van der Waals surface area contributed by atoms with E-state index in [1.807, 2.05) is 36.4 Å². The van der Waals surface area contributed by atoms with E-state index in [9.17, 15) is 10.2 Å². The predicted octanol–water partition coefficient (Wildman–Crippen LogP) is 5.22. The van der Waals surface area contributed by atoms with Gasteiger partial charge in [0.15, 0.2) is 0 Å². The number of aliphatic hydroxyl groups excluding tert-OH is 2. The molecular weight excluding hydrogens is 627 g/mol. The van der Waals surface area contributed by atoms with Gasteiger partial charge in [-0.1, -0.05) is 59.6 Å². The van der Waals surface area contributed by atoms with Gasteiger partial charge in [0, 0.05) is 61.6 Å². The minimum absolute atomic E-state index is 0.194. The molecule has 4 aromatic rings. The fourth-order valence-corrected chi connectivity index (χ4v) is 6.96. The summed E-state index contributed by atoms with van der Waals surface area (Å²) in [7, 11) is 3.18. The molecule has 2 aromatic carbocycles. The van der Waals surface area contributed by atoms with Gasteiger partial charge in [-0.05, 0) is 37.8 Å². The molecule has 2 fully saturated rings. The summed E-state index contributed by atoms with van der Waals surface area (Å²) in [6.07, 6.45) is 5.37. The van der Waals surface area contributed by atoms with Gasteiger partial charge in [0.05, 0.1) is 48.0 Å². The van der Waals surface area contributed by atoms with E-state index in [0.29, 0.717) is 69.2 Å². The van der Waals surface area contributed by atoms with Gasteiger partial charge in [-0.3, -0.25) is 19.8 Å². The number of rotatable bonds is 11. The Bertz CT molecular complexity index is 1570. The molecule has 6 rings (SSSR count). The Balaban J connectivity index is 1.27. The third-order valence-corrected chi connectivity index (χ3v) is 9.67. The van der Waals surface area contributed by atoms with E-state index >= 15 is 0 Å². The van der Waals surface area contributed by atoms with Gasteiger partial charge >= 0.3 is 0 Å². The molecule has 46 heavy (non-hydrogen) atoms. The minimum atomic E-state index is 0.194. The van der Waals surface area contributed by atoms with E-state index in [1.54, 1.807) is 26.6 Å². The Morgan fingerprint density at radius 1 is 0.696 bits per heavy atom. The molecule has 0 bridgehead atoms. The number of nitrogens with zero attached hydrogens (tertiary/aromatic N) is 6. The molecule has 2 saturated heterocycles. The summed E-state index contributed by atoms with van der Waals surface area (Å²) in [6, 6.07) is 11.5. The first kappa shape index (κ1) is 32.6. The van der Waals surface area contributed by atoms with Crippen molar-refractivity contribution in [2.45, 2.75) is 25.9 Å². The van der Waals surface area contributed by atoms with Crippen molar-refractivity contribution in [2.24, 2.45) is 11.8 Å². The lowest BCUT2D eigenvalue weighted by molar-refractivity contribution is 0.218. The highest BCUT2D eigenvalue weighted by Gasteiger charge is 2.26. The standard InChI is InChI=1S/C34H38Cl2N6O4/c1-45-33-29(17-41-11-9-21(15-41)19-43)37-13-27(39-33)25-7-3-5-23(31(25)35)24-6-4-8-26(32(24)36)28-14-38-30(34(40-28)46-2)18-42-12-10-22(16-42)20-44/h3-8,13-14,21-22,43-44H,9-12,15-20H2,1-2H3/t21-,22-/m0/s1. The zero-order chi connectivity index (χ0) is 32.2. The maximum absolute atomic E-state index is 9.50. The summed E-state index contributed by atoms with van der Waals surface area (Å²) < 4.78 is 11.3. The highest BCUT2D eigenvalue weighted by molar-refractivity contribution is 6.39. The zero-order valence-corrected chi connectivity index (χ0v) is 27.5. The van der Waals surface area contributed by atoms with Crippen LogP contribution >= 0.6 is 23.2 Å². The summed E-state index contributed by atoms with van der Waals surface area (Å²) in [4.78, 5) is 23.5. The number of methoxy groups -OCH3 is 2. The fraction of sp³-hybridized carbons (Fsp3) is 0.412. The molecule has 242 valence electrons. The third kappa shape index (κ3) is 6.83. The molecule has 0 spiro atoms. The van der Waals surface area contributed by atoms with E-state index in [2.05, 4.69) is 9.80 Å². The van der Waals surface area contributed by atoms with Gasteiger partial charge in [0.1, 0.15) is 11.4 Å². The summed E-state index contributed by atoms with van der Waals surface area (Å²) in [5.41, 5.74) is 5.55. The normalized spacial score (nSPS) is 18.7. The SMILES string of the molecule is COc1nc(-c2cccc(-c3cccc(-c4cnc(CN5CC[C@H](CO)C5)c(OC)n4)c3Cl)c2Cl)cnc1CN1CC[C@H](CO)C1. The lowest BCUT2D eigenvalue weighted by Crippen LogP contribution is -2.22. The topological polar surface area (TPSA) is 117 Å². The van der Waals surface area contributed by atoms with Crippen molar-refractivity contribution in [2.75, 3.05) is 53.6 Å². The summed E-state index contributed by atoms with van der Waals surface area (Å²) in [6.45, 7) is 5.03.